The number of halogens is 1. The normalized spacial score (nSPS) is 9.29. The number of carboxylic acids is 1. The van der Waals surface area contributed by atoms with Crippen LogP contribution < -0.4 is 11.1 Å². The zero-order valence-corrected chi connectivity index (χ0v) is 23.5. The molecule has 38 heavy (non-hydrogen) atoms. The maximum atomic E-state index is 11.7. The van der Waals surface area contributed by atoms with Gasteiger partial charge in [0.15, 0.2) is 0 Å². The third kappa shape index (κ3) is 17.1. The smallest absolute Gasteiger partial charge is 0.335 e. The fourth-order valence-electron chi connectivity index (χ4n) is 2.92. The second kappa shape index (κ2) is 22.7. The van der Waals surface area contributed by atoms with Gasteiger partial charge in [-0.2, -0.15) is 0 Å². The molecule has 0 saturated heterocycles. The molecule has 4 N–H and O–H groups in total. The van der Waals surface area contributed by atoms with E-state index in [2.05, 4.69) is 28.6 Å². The van der Waals surface area contributed by atoms with Gasteiger partial charge in [0, 0.05) is 18.7 Å². The molecule has 0 bridgehead atoms. The number of carbonyl (C=O) groups is 4. The van der Waals surface area contributed by atoms with Gasteiger partial charge in [0.05, 0.1) is 32.6 Å². The molecule has 0 aliphatic heterocycles. The van der Waals surface area contributed by atoms with E-state index >= 15 is 0 Å². The first-order chi connectivity index (χ1) is 17.7. The van der Waals surface area contributed by atoms with Crippen molar-refractivity contribution in [1.82, 2.24) is 5.32 Å². The third-order valence-corrected chi connectivity index (χ3v) is 4.91. The van der Waals surface area contributed by atoms with Crippen LogP contribution in [0.15, 0.2) is 48.5 Å². The number of methoxy groups -OCH3 is 2. The fraction of sp³-hybridized carbons (Fsp3) is 0.429. The second-order valence-corrected chi connectivity index (χ2v) is 7.90. The highest BCUT2D eigenvalue weighted by atomic mass is 35.5. The van der Waals surface area contributed by atoms with Gasteiger partial charge in [0.25, 0.3) is 5.91 Å². The van der Waals surface area contributed by atoms with Crippen LogP contribution in [0.1, 0.15) is 71.4 Å². The monoisotopic (exact) mass is 552 g/mol. The molecule has 0 saturated carbocycles. The van der Waals surface area contributed by atoms with E-state index in [0.29, 0.717) is 30.6 Å². The van der Waals surface area contributed by atoms with Gasteiger partial charge >= 0.3 is 17.9 Å². The Balaban J connectivity index is 0. The van der Waals surface area contributed by atoms with Crippen LogP contribution in [0.2, 0.25) is 0 Å². The van der Waals surface area contributed by atoms with Crippen LogP contribution in [-0.4, -0.2) is 56.2 Å². The van der Waals surface area contributed by atoms with Gasteiger partial charge in [0.1, 0.15) is 0 Å². The van der Waals surface area contributed by atoms with E-state index in [1.807, 2.05) is 24.3 Å². The summed E-state index contributed by atoms with van der Waals surface area (Å²) in [5, 5.41) is 11.3. The number of esters is 2. The molecule has 0 aliphatic carbocycles. The van der Waals surface area contributed by atoms with E-state index in [-0.39, 0.29) is 36.7 Å². The van der Waals surface area contributed by atoms with E-state index in [9.17, 15) is 19.2 Å². The van der Waals surface area contributed by atoms with Crippen molar-refractivity contribution < 1.29 is 33.8 Å². The molecule has 0 unspecified atom stereocenters. The average Bonchev–Trinajstić information content (AvgIpc) is 2.90. The molecule has 0 atom stereocenters. The molecule has 2 rings (SSSR count). The Morgan fingerprint density at radius 3 is 1.53 bits per heavy atom. The second-order valence-electron chi connectivity index (χ2n) is 7.90. The van der Waals surface area contributed by atoms with Crippen molar-refractivity contribution in [3.05, 3.63) is 70.8 Å². The Kier molecular flexibility index (Phi) is 22.0. The first-order valence-corrected chi connectivity index (χ1v) is 12.2. The molecule has 2 aromatic rings. The molecule has 0 spiro atoms. The minimum absolute atomic E-state index is 0. The third-order valence-electron chi connectivity index (χ3n) is 4.91. The first kappa shape index (κ1) is 36.7. The maximum Gasteiger partial charge on any atom is 0.335 e. The van der Waals surface area contributed by atoms with Crippen LogP contribution in [0.3, 0.4) is 0 Å². The number of carbonyl (C=O) groups excluding carboxylic acids is 3. The summed E-state index contributed by atoms with van der Waals surface area (Å²) in [5.74, 6) is -1.60. The summed E-state index contributed by atoms with van der Waals surface area (Å²) >= 11 is 0. The van der Waals surface area contributed by atoms with Crippen LogP contribution in [0.4, 0.5) is 0 Å². The van der Waals surface area contributed by atoms with Gasteiger partial charge in [0.2, 0.25) is 0 Å². The van der Waals surface area contributed by atoms with Crippen LogP contribution in [-0.2, 0) is 31.9 Å². The lowest BCUT2D eigenvalue weighted by Crippen LogP contribution is -2.26. The lowest BCUT2D eigenvalue weighted by atomic mass is 10.1. The molecule has 212 valence electrons. The molecule has 9 nitrogen and oxygen atoms in total. The molecule has 0 radical (unpaired) electrons. The van der Waals surface area contributed by atoms with E-state index < -0.39 is 5.97 Å². The number of aromatic carboxylic acids is 1. The van der Waals surface area contributed by atoms with Crippen molar-refractivity contribution in [2.24, 2.45) is 5.73 Å². The Bertz CT molecular complexity index is 949. The molecule has 10 heteroatoms. The number of hydrogen-bond acceptors (Lipinski definition) is 7. The number of amides is 1. The fourth-order valence-corrected chi connectivity index (χ4v) is 2.92. The standard InChI is InChI=1S/C14H19NO3.C10H12O2.C4H9NO2.ClH/c1-3-4-11-5-7-12(8-6-11)14(17)15-10-9-13(16)18-2;1-2-3-8-4-6-9(7-5-8)10(11)12;1-7-4(6)2-3-5;/h5-8H,3-4,9-10H2,1-2H3,(H,15,17);4-7H,2-3H2,1H3,(H,11,12);2-3,5H2,1H3;1H. The van der Waals surface area contributed by atoms with Crippen LogP contribution in [0, 0.1) is 0 Å². The summed E-state index contributed by atoms with van der Waals surface area (Å²) in [6.07, 6.45) is 4.72. The molecular weight excluding hydrogens is 512 g/mol. The topological polar surface area (TPSA) is 145 Å². The highest BCUT2D eigenvalue weighted by molar-refractivity contribution is 5.94. The van der Waals surface area contributed by atoms with Crippen molar-refractivity contribution in [3.63, 3.8) is 0 Å². The van der Waals surface area contributed by atoms with Gasteiger partial charge in [-0.05, 0) is 48.2 Å². The number of hydrogen-bond donors (Lipinski definition) is 3. The summed E-state index contributed by atoms with van der Waals surface area (Å²) in [4.78, 5) is 43.2. The summed E-state index contributed by atoms with van der Waals surface area (Å²) in [7, 11) is 2.68. The van der Waals surface area contributed by atoms with Crippen LogP contribution in [0.5, 0.6) is 0 Å². The zero-order valence-electron chi connectivity index (χ0n) is 22.7. The van der Waals surface area contributed by atoms with Crippen molar-refractivity contribution in [2.75, 3.05) is 27.3 Å². The molecule has 1 amide bonds. The summed E-state index contributed by atoms with van der Waals surface area (Å²) in [6, 6.07) is 14.6. The lowest BCUT2D eigenvalue weighted by molar-refractivity contribution is -0.141. The predicted molar refractivity (Wildman–Crippen MR) is 150 cm³/mol. The van der Waals surface area contributed by atoms with E-state index in [1.54, 1.807) is 24.3 Å². The van der Waals surface area contributed by atoms with Crippen molar-refractivity contribution in [3.8, 4) is 0 Å². The van der Waals surface area contributed by atoms with E-state index in [4.69, 9.17) is 10.8 Å². The van der Waals surface area contributed by atoms with Crippen molar-refractivity contribution in [2.45, 2.75) is 52.4 Å². The number of rotatable bonds is 11. The molecule has 0 heterocycles. The largest absolute Gasteiger partial charge is 0.478 e. The predicted octanol–water partition coefficient (Wildman–Crippen LogP) is 4.20. The number of benzene rings is 2. The zero-order chi connectivity index (χ0) is 28.1. The van der Waals surface area contributed by atoms with Gasteiger partial charge in [-0.1, -0.05) is 51.0 Å². The van der Waals surface area contributed by atoms with E-state index in [0.717, 1.165) is 25.7 Å². The molecule has 0 aliphatic rings. The Morgan fingerprint density at radius 1 is 0.763 bits per heavy atom. The van der Waals surface area contributed by atoms with Gasteiger partial charge in [-0.3, -0.25) is 14.4 Å². The Hall–Kier alpha value is -3.43. The number of nitrogens with two attached hydrogens (primary N) is 1. The average molecular weight is 553 g/mol. The Labute approximate surface area is 231 Å². The minimum atomic E-state index is -0.863. The molecular formula is C28H41ClN2O7. The molecule has 0 fully saturated rings. The van der Waals surface area contributed by atoms with Crippen LogP contribution in [0.25, 0.3) is 0 Å². The number of carboxylic acid groups (broad SMARTS) is 1. The minimum Gasteiger partial charge on any atom is -0.478 e. The quantitative estimate of drug-likeness (QED) is 0.352. The van der Waals surface area contributed by atoms with Gasteiger partial charge in [-0.15, -0.1) is 12.4 Å². The molecule has 0 aromatic heterocycles. The summed E-state index contributed by atoms with van der Waals surface area (Å²) in [6.45, 7) is 4.88. The van der Waals surface area contributed by atoms with Crippen molar-refractivity contribution in [1.29, 1.82) is 0 Å². The highest BCUT2D eigenvalue weighted by Gasteiger charge is 2.06. The first-order valence-electron chi connectivity index (χ1n) is 12.2. The lowest BCUT2D eigenvalue weighted by Gasteiger charge is -2.05. The number of ether oxygens (including phenoxy) is 2. The van der Waals surface area contributed by atoms with Gasteiger partial charge in [-0.25, -0.2) is 4.79 Å². The summed E-state index contributed by atoms with van der Waals surface area (Å²) < 4.78 is 8.76. The van der Waals surface area contributed by atoms with Gasteiger partial charge < -0.3 is 25.6 Å². The van der Waals surface area contributed by atoms with Crippen LogP contribution >= 0.6 is 12.4 Å². The number of nitrogens with one attached hydrogen (secondary N) is 1. The number of aryl methyl sites for hydroxylation is 2. The maximum absolute atomic E-state index is 11.7. The summed E-state index contributed by atoms with van der Waals surface area (Å²) in [5.41, 5.74) is 8.39. The molecule has 2 aromatic carbocycles. The SMILES string of the molecule is CCCc1ccc(C(=O)NCCC(=O)OC)cc1.CCCc1ccc(C(=O)O)cc1.COC(=O)CCN.Cl. The van der Waals surface area contributed by atoms with E-state index in [1.165, 1.54) is 25.3 Å². The van der Waals surface area contributed by atoms with Crippen molar-refractivity contribution >= 4 is 36.2 Å². The highest BCUT2D eigenvalue weighted by Crippen LogP contribution is 2.07. The Morgan fingerprint density at radius 2 is 1.18 bits per heavy atom.